The van der Waals surface area contributed by atoms with Gasteiger partial charge in [-0.1, -0.05) is 27.7 Å². The first kappa shape index (κ1) is 13.4. The van der Waals surface area contributed by atoms with Gasteiger partial charge in [0.05, 0.1) is 0 Å². The molecule has 2 nitrogen and oxygen atoms in total. The number of piperidine rings is 1. The summed E-state index contributed by atoms with van der Waals surface area (Å²) in [7, 11) is 0. The molecule has 1 N–H and O–H groups in total. The van der Waals surface area contributed by atoms with Crippen molar-refractivity contribution in [2.75, 3.05) is 13.1 Å². The number of hydrogen-bond donors (Lipinski definition) is 1. The molecule has 100 valence electrons. The predicted molar refractivity (Wildman–Crippen MR) is 74.3 cm³/mol. The summed E-state index contributed by atoms with van der Waals surface area (Å²) in [4.78, 5) is 2.83. The minimum atomic E-state index is 0.492. The lowest BCUT2D eigenvalue weighted by Crippen LogP contribution is -2.51. The Morgan fingerprint density at radius 1 is 1.12 bits per heavy atom. The van der Waals surface area contributed by atoms with Crippen LogP contribution in [0.2, 0.25) is 0 Å². The van der Waals surface area contributed by atoms with Crippen molar-refractivity contribution in [3.63, 3.8) is 0 Å². The molecule has 0 aromatic rings. The Balaban J connectivity index is 1.94. The van der Waals surface area contributed by atoms with Crippen LogP contribution >= 0.6 is 0 Å². The van der Waals surface area contributed by atoms with Crippen LogP contribution in [0.25, 0.3) is 0 Å². The van der Waals surface area contributed by atoms with Crippen LogP contribution in [0.3, 0.4) is 0 Å². The molecule has 2 rings (SSSR count). The third kappa shape index (κ3) is 3.03. The topological polar surface area (TPSA) is 15.3 Å². The minimum Gasteiger partial charge on any atom is -0.314 e. The van der Waals surface area contributed by atoms with Crippen LogP contribution in [0, 0.1) is 5.41 Å². The standard InChI is InChI=1S/C15H30N2/c1-5-15(3,4)11-17-13-7-8-14(17)10-12(9-13)16-6-2/h12-14,16H,5-11H2,1-4H3. The molecular weight excluding hydrogens is 208 g/mol. The van der Waals surface area contributed by atoms with Crippen LogP contribution in [-0.4, -0.2) is 36.1 Å². The molecule has 2 bridgehead atoms. The third-order valence-electron chi connectivity index (χ3n) is 4.94. The van der Waals surface area contributed by atoms with Crippen LogP contribution in [0.1, 0.15) is 59.8 Å². The highest BCUT2D eigenvalue weighted by Crippen LogP contribution is 2.38. The van der Waals surface area contributed by atoms with Crippen molar-refractivity contribution in [2.45, 2.75) is 77.9 Å². The maximum absolute atomic E-state index is 3.66. The van der Waals surface area contributed by atoms with E-state index in [2.05, 4.69) is 37.9 Å². The largest absolute Gasteiger partial charge is 0.314 e. The van der Waals surface area contributed by atoms with Crippen molar-refractivity contribution in [3.8, 4) is 0 Å². The molecule has 0 spiro atoms. The Bertz CT molecular complexity index is 235. The number of hydrogen-bond acceptors (Lipinski definition) is 2. The molecule has 2 heteroatoms. The summed E-state index contributed by atoms with van der Waals surface area (Å²) in [5.74, 6) is 0. The summed E-state index contributed by atoms with van der Waals surface area (Å²) >= 11 is 0. The fourth-order valence-electron chi connectivity index (χ4n) is 3.59. The molecule has 2 atom stereocenters. The van der Waals surface area contributed by atoms with Crippen LogP contribution in [0.4, 0.5) is 0 Å². The van der Waals surface area contributed by atoms with Crippen LogP contribution < -0.4 is 5.32 Å². The summed E-state index contributed by atoms with van der Waals surface area (Å²) < 4.78 is 0. The zero-order valence-corrected chi connectivity index (χ0v) is 12.1. The van der Waals surface area contributed by atoms with Gasteiger partial charge in [-0.25, -0.2) is 0 Å². The Morgan fingerprint density at radius 3 is 2.18 bits per heavy atom. The second-order valence-electron chi connectivity index (χ2n) is 6.80. The van der Waals surface area contributed by atoms with E-state index < -0.39 is 0 Å². The second-order valence-corrected chi connectivity index (χ2v) is 6.80. The Labute approximate surface area is 107 Å². The lowest BCUT2D eigenvalue weighted by atomic mass is 9.87. The summed E-state index contributed by atoms with van der Waals surface area (Å²) in [6.45, 7) is 11.8. The molecule has 2 aliphatic rings. The van der Waals surface area contributed by atoms with E-state index >= 15 is 0 Å². The molecule has 0 saturated carbocycles. The van der Waals surface area contributed by atoms with Gasteiger partial charge in [0.2, 0.25) is 0 Å². The van der Waals surface area contributed by atoms with Crippen molar-refractivity contribution in [2.24, 2.45) is 5.41 Å². The van der Waals surface area contributed by atoms with E-state index in [0.717, 1.165) is 24.7 Å². The first-order valence-electron chi connectivity index (χ1n) is 7.55. The van der Waals surface area contributed by atoms with Crippen molar-refractivity contribution >= 4 is 0 Å². The van der Waals surface area contributed by atoms with Crippen molar-refractivity contribution in [1.29, 1.82) is 0 Å². The number of nitrogens with one attached hydrogen (secondary N) is 1. The van der Waals surface area contributed by atoms with E-state index in [1.165, 1.54) is 38.6 Å². The van der Waals surface area contributed by atoms with Crippen LogP contribution in [0.15, 0.2) is 0 Å². The summed E-state index contributed by atoms with van der Waals surface area (Å²) in [6, 6.07) is 2.52. The number of fused-ring (bicyclic) bond motifs is 2. The second kappa shape index (κ2) is 5.27. The van der Waals surface area contributed by atoms with Crippen LogP contribution in [0.5, 0.6) is 0 Å². The average molecular weight is 238 g/mol. The quantitative estimate of drug-likeness (QED) is 0.792. The van der Waals surface area contributed by atoms with Gasteiger partial charge in [-0.05, 0) is 44.1 Å². The molecule has 0 aromatic heterocycles. The van der Waals surface area contributed by atoms with Gasteiger partial charge in [-0.2, -0.15) is 0 Å². The predicted octanol–water partition coefficient (Wildman–Crippen LogP) is 3.03. The molecule has 17 heavy (non-hydrogen) atoms. The third-order valence-corrected chi connectivity index (χ3v) is 4.94. The van der Waals surface area contributed by atoms with Crippen molar-refractivity contribution < 1.29 is 0 Å². The molecule has 2 aliphatic heterocycles. The first-order valence-corrected chi connectivity index (χ1v) is 7.55. The lowest BCUT2D eigenvalue weighted by molar-refractivity contribution is 0.0725. The summed E-state index contributed by atoms with van der Waals surface area (Å²) in [6.07, 6.45) is 6.92. The highest BCUT2D eigenvalue weighted by Gasteiger charge is 2.41. The van der Waals surface area contributed by atoms with Gasteiger partial charge in [0.25, 0.3) is 0 Å². The SMILES string of the molecule is CCNC1CC2CCC(C1)N2CC(C)(C)CC. The molecular formula is C15H30N2. The number of nitrogens with zero attached hydrogens (tertiary/aromatic N) is 1. The molecule has 2 heterocycles. The summed E-state index contributed by atoms with van der Waals surface area (Å²) in [5, 5.41) is 3.66. The van der Waals surface area contributed by atoms with Crippen LogP contribution in [-0.2, 0) is 0 Å². The van der Waals surface area contributed by atoms with Gasteiger partial charge in [0, 0.05) is 24.7 Å². The molecule has 0 aliphatic carbocycles. The average Bonchev–Trinajstić information content (AvgIpc) is 2.52. The normalized spacial score (nSPS) is 34.2. The Kier molecular flexibility index (Phi) is 4.14. The zero-order chi connectivity index (χ0) is 12.5. The fourth-order valence-corrected chi connectivity index (χ4v) is 3.59. The van der Waals surface area contributed by atoms with E-state index in [1.807, 2.05) is 0 Å². The first-order chi connectivity index (χ1) is 8.05. The molecule has 2 fully saturated rings. The van der Waals surface area contributed by atoms with E-state index in [9.17, 15) is 0 Å². The highest BCUT2D eigenvalue weighted by molar-refractivity contribution is 4.98. The van der Waals surface area contributed by atoms with Crippen molar-refractivity contribution in [1.82, 2.24) is 10.2 Å². The summed E-state index contributed by atoms with van der Waals surface area (Å²) in [5.41, 5.74) is 0.492. The maximum Gasteiger partial charge on any atom is 0.0114 e. The molecule has 0 radical (unpaired) electrons. The van der Waals surface area contributed by atoms with E-state index in [-0.39, 0.29) is 0 Å². The van der Waals surface area contributed by atoms with Crippen molar-refractivity contribution in [3.05, 3.63) is 0 Å². The highest BCUT2D eigenvalue weighted by atomic mass is 15.2. The number of rotatable bonds is 5. The minimum absolute atomic E-state index is 0.492. The van der Waals surface area contributed by atoms with Gasteiger partial charge < -0.3 is 5.32 Å². The van der Waals surface area contributed by atoms with E-state index in [4.69, 9.17) is 0 Å². The lowest BCUT2D eigenvalue weighted by Gasteiger charge is -2.43. The molecule has 2 saturated heterocycles. The molecule has 0 aromatic carbocycles. The van der Waals surface area contributed by atoms with Gasteiger partial charge in [0.15, 0.2) is 0 Å². The van der Waals surface area contributed by atoms with Gasteiger partial charge >= 0.3 is 0 Å². The zero-order valence-electron chi connectivity index (χ0n) is 12.1. The molecule has 2 unspecified atom stereocenters. The van der Waals surface area contributed by atoms with E-state index in [1.54, 1.807) is 0 Å². The van der Waals surface area contributed by atoms with Gasteiger partial charge in [-0.3, -0.25) is 4.90 Å². The van der Waals surface area contributed by atoms with Gasteiger partial charge in [-0.15, -0.1) is 0 Å². The fraction of sp³-hybridized carbons (Fsp3) is 1.00. The smallest absolute Gasteiger partial charge is 0.0114 e. The van der Waals surface area contributed by atoms with Gasteiger partial charge in [0.1, 0.15) is 0 Å². The Hall–Kier alpha value is -0.0800. The molecule has 0 amide bonds. The maximum atomic E-state index is 3.66. The van der Waals surface area contributed by atoms with E-state index in [0.29, 0.717) is 5.41 Å². The Morgan fingerprint density at radius 2 is 1.71 bits per heavy atom. The monoisotopic (exact) mass is 238 g/mol.